The Morgan fingerprint density at radius 3 is 2.66 bits per heavy atom. The van der Waals surface area contributed by atoms with E-state index in [9.17, 15) is 18.4 Å². The van der Waals surface area contributed by atoms with Gasteiger partial charge in [0.1, 0.15) is 5.56 Å². The van der Waals surface area contributed by atoms with E-state index in [-0.39, 0.29) is 23.1 Å². The van der Waals surface area contributed by atoms with Crippen LogP contribution in [0.3, 0.4) is 0 Å². The van der Waals surface area contributed by atoms with E-state index < -0.39 is 18.6 Å². The molecular formula is C24H27BrF3N6P. The minimum atomic E-state index is -4.63. The van der Waals surface area contributed by atoms with Gasteiger partial charge in [-0.3, -0.25) is 0 Å². The number of aromatic nitrogens is 3. The van der Waals surface area contributed by atoms with Crippen LogP contribution in [0.5, 0.6) is 0 Å². The highest BCUT2D eigenvalue weighted by atomic mass is 79.9. The Labute approximate surface area is 211 Å². The molecular weight excluding hydrogens is 540 g/mol. The van der Waals surface area contributed by atoms with Gasteiger partial charge in [-0.25, -0.2) is 13.9 Å². The zero-order chi connectivity index (χ0) is 25.8. The SMILES string of the molecule is C=P(C)(C)c1c(C#N)ccc2c(-c3nc(NC4CN(Br)CC(C)(C)C4)ncc3C(F)(F)F)c[nH]c12. The summed E-state index contributed by atoms with van der Waals surface area (Å²) in [6.07, 6.45) is 2.81. The highest BCUT2D eigenvalue weighted by molar-refractivity contribution is 9.07. The number of rotatable bonds is 4. The zero-order valence-corrected chi connectivity index (χ0v) is 22.4. The molecule has 6 nitrogen and oxygen atoms in total. The first-order chi connectivity index (χ1) is 16.2. The number of nitrogens with zero attached hydrogens (tertiary/aromatic N) is 4. The van der Waals surface area contributed by atoms with Crippen molar-refractivity contribution in [3.63, 3.8) is 0 Å². The van der Waals surface area contributed by atoms with Crippen molar-refractivity contribution in [3.05, 3.63) is 35.7 Å². The molecule has 3 aromatic rings. The summed E-state index contributed by atoms with van der Waals surface area (Å²) in [6, 6.07) is 5.46. The summed E-state index contributed by atoms with van der Waals surface area (Å²) in [5.74, 6) is 0.143. The van der Waals surface area contributed by atoms with Crippen molar-refractivity contribution < 1.29 is 13.2 Å². The van der Waals surface area contributed by atoms with Crippen LogP contribution >= 0.6 is 23.0 Å². The molecule has 1 aromatic carbocycles. The summed E-state index contributed by atoms with van der Waals surface area (Å²) in [7, 11) is 0. The van der Waals surface area contributed by atoms with Crippen LogP contribution in [0.1, 0.15) is 31.4 Å². The number of nitrogens with one attached hydrogen (secondary N) is 2. The molecule has 0 aliphatic carbocycles. The van der Waals surface area contributed by atoms with Gasteiger partial charge in [-0.15, -0.1) is 0 Å². The predicted octanol–water partition coefficient (Wildman–Crippen LogP) is 5.67. The molecule has 1 saturated heterocycles. The molecule has 0 spiro atoms. The minimum absolute atomic E-state index is 0.0178. The Bertz CT molecular complexity index is 1370. The summed E-state index contributed by atoms with van der Waals surface area (Å²) in [6.45, 7) is 7.82. The van der Waals surface area contributed by atoms with E-state index in [4.69, 9.17) is 0 Å². The monoisotopic (exact) mass is 566 g/mol. The third kappa shape index (κ3) is 5.28. The maximum Gasteiger partial charge on any atom is 0.419 e. The zero-order valence-electron chi connectivity index (χ0n) is 20.0. The lowest BCUT2D eigenvalue weighted by Gasteiger charge is -2.39. The fraction of sp³-hybridized carbons (Fsp3) is 0.417. The summed E-state index contributed by atoms with van der Waals surface area (Å²) >= 11 is 3.54. The second kappa shape index (κ2) is 8.95. The summed E-state index contributed by atoms with van der Waals surface area (Å²) in [5.41, 5.74) is 0.303. The Morgan fingerprint density at radius 2 is 2.06 bits per heavy atom. The molecule has 1 atom stereocenters. The lowest BCUT2D eigenvalue weighted by atomic mass is 9.83. The molecule has 186 valence electrons. The van der Waals surface area contributed by atoms with Gasteiger partial charge in [-0.2, -0.15) is 18.4 Å². The number of alkyl halides is 3. The number of nitriles is 1. The smallest absolute Gasteiger partial charge is 0.360 e. The first-order valence-electron chi connectivity index (χ1n) is 11.0. The van der Waals surface area contributed by atoms with Crippen molar-refractivity contribution in [2.24, 2.45) is 5.41 Å². The van der Waals surface area contributed by atoms with Crippen LogP contribution in [0.25, 0.3) is 22.2 Å². The Kier molecular flexibility index (Phi) is 6.58. The lowest BCUT2D eigenvalue weighted by molar-refractivity contribution is -0.137. The molecule has 0 bridgehead atoms. The van der Waals surface area contributed by atoms with Gasteiger partial charge in [0.25, 0.3) is 0 Å². The standard InChI is InChI=1S/C24H27BrF3N6P/c1-23(2)8-15(12-34(25)13-23)32-22-31-11-18(24(26,27)28)19(33-22)17-10-30-20-16(17)7-6-14(9-29)21(20)35(3,4)5/h6-7,10-11,15,30H,3,8,12-13H2,1-2,4-5H3,(H,31,32,33). The number of piperidine rings is 1. The second-order valence-electron chi connectivity index (χ2n) is 10.4. The highest BCUT2D eigenvalue weighted by Crippen LogP contribution is 2.42. The van der Waals surface area contributed by atoms with E-state index in [0.29, 0.717) is 28.6 Å². The van der Waals surface area contributed by atoms with Crippen molar-refractivity contribution in [2.45, 2.75) is 32.5 Å². The fourth-order valence-corrected chi connectivity index (χ4v) is 7.40. The van der Waals surface area contributed by atoms with Gasteiger partial charge in [0, 0.05) is 63.9 Å². The highest BCUT2D eigenvalue weighted by Gasteiger charge is 2.37. The first-order valence-corrected chi connectivity index (χ1v) is 14.6. The quantitative estimate of drug-likeness (QED) is 0.314. The summed E-state index contributed by atoms with van der Waals surface area (Å²) < 4.78 is 44.0. The molecule has 4 rings (SSSR count). The number of halogens is 4. The molecule has 1 unspecified atom stereocenters. The molecule has 1 aliphatic heterocycles. The van der Waals surface area contributed by atoms with Crippen LogP contribution in [0, 0.1) is 16.7 Å². The van der Waals surface area contributed by atoms with E-state index in [0.717, 1.165) is 24.5 Å². The number of benzene rings is 1. The normalized spacial score (nSPS) is 19.0. The number of hydrogen-bond acceptors (Lipinski definition) is 5. The second-order valence-corrected chi connectivity index (χ2v) is 15.2. The maximum absolute atomic E-state index is 14.0. The van der Waals surface area contributed by atoms with Gasteiger partial charge in [0.05, 0.1) is 22.8 Å². The van der Waals surface area contributed by atoms with Gasteiger partial charge >= 0.3 is 6.18 Å². The molecule has 35 heavy (non-hydrogen) atoms. The first kappa shape index (κ1) is 25.7. The average Bonchev–Trinajstić information content (AvgIpc) is 3.13. The lowest BCUT2D eigenvalue weighted by Crippen LogP contribution is -2.46. The summed E-state index contributed by atoms with van der Waals surface area (Å²) in [4.78, 5) is 11.5. The molecule has 3 heterocycles. The van der Waals surface area contributed by atoms with Gasteiger partial charge in [-0.1, -0.05) is 33.1 Å². The molecule has 1 fully saturated rings. The maximum atomic E-state index is 14.0. The minimum Gasteiger partial charge on any atom is -0.360 e. The van der Waals surface area contributed by atoms with E-state index >= 15 is 0 Å². The van der Waals surface area contributed by atoms with Crippen molar-refractivity contribution in [1.82, 2.24) is 18.9 Å². The number of anilines is 1. The van der Waals surface area contributed by atoms with Crippen molar-refractivity contribution in [1.29, 1.82) is 5.26 Å². The van der Waals surface area contributed by atoms with Crippen molar-refractivity contribution in [2.75, 3.05) is 31.7 Å². The Balaban J connectivity index is 1.85. The average molecular weight is 567 g/mol. The van der Waals surface area contributed by atoms with Gasteiger partial charge in [-0.05, 0) is 31.2 Å². The van der Waals surface area contributed by atoms with Crippen LogP contribution in [0.2, 0.25) is 0 Å². The van der Waals surface area contributed by atoms with Crippen molar-refractivity contribution in [3.8, 4) is 17.3 Å². The number of hydrogen-bond donors (Lipinski definition) is 2. The molecule has 2 aromatic heterocycles. The van der Waals surface area contributed by atoms with E-state index in [1.54, 1.807) is 12.1 Å². The van der Waals surface area contributed by atoms with Crippen molar-refractivity contribution >= 4 is 51.5 Å². The molecule has 2 N–H and O–H groups in total. The van der Waals surface area contributed by atoms with Gasteiger partial charge in [0.15, 0.2) is 0 Å². The van der Waals surface area contributed by atoms with E-state index in [1.165, 1.54) is 6.20 Å². The number of H-pyrrole nitrogens is 1. The largest absolute Gasteiger partial charge is 0.419 e. The topological polar surface area (TPSA) is 80.6 Å². The van der Waals surface area contributed by atoms with Gasteiger partial charge in [0.2, 0.25) is 5.95 Å². The van der Waals surface area contributed by atoms with E-state index in [2.05, 4.69) is 62.6 Å². The molecule has 11 heteroatoms. The van der Waals surface area contributed by atoms with Crippen LogP contribution in [0.15, 0.2) is 24.5 Å². The number of fused-ring (bicyclic) bond motifs is 1. The van der Waals surface area contributed by atoms with E-state index in [1.807, 2.05) is 17.3 Å². The third-order valence-electron chi connectivity index (χ3n) is 6.05. The molecule has 0 amide bonds. The van der Waals surface area contributed by atoms with Crippen LogP contribution in [0.4, 0.5) is 19.1 Å². The summed E-state index contributed by atoms with van der Waals surface area (Å²) in [5, 5.41) is 14.2. The third-order valence-corrected chi connectivity index (χ3v) is 8.27. The van der Waals surface area contributed by atoms with Crippen LogP contribution in [-0.4, -0.2) is 57.6 Å². The fourth-order valence-electron chi connectivity index (χ4n) is 4.81. The molecule has 1 aliphatic rings. The van der Waals surface area contributed by atoms with Gasteiger partial charge < -0.3 is 10.3 Å². The Hall–Kier alpha value is -2.34. The van der Waals surface area contributed by atoms with Crippen LogP contribution < -0.4 is 10.6 Å². The molecule has 0 saturated carbocycles. The predicted molar refractivity (Wildman–Crippen MR) is 141 cm³/mol. The Morgan fingerprint density at radius 1 is 1.34 bits per heavy atom. The molecule has 0 radical (unpaired) electrons. The van der Waals surface area contributed by atoms with Crippen LogP contribution in [-0.2, 0) is 6.18 Å². The number of aromatic amines is 1.